The number of rotatable bonds is 7. The van der Waals surface area contributed by atoms with Gasteiger partial charge < -0.3 is 4.74 Å². The number of ether oxygens (including phenoxy) is 1. The average molecular weight is 359 g/mol. The Morgan fingerprint density at radius 3 is 2.15 bits per heavy atom. The van der Waals surface area contributed by atoms with E-state index in [4.69, 9.17) is 4.74 Å². The number of ketones is 1. The lowest BCUT2D eigenvalue weighted by Crippen LogP contribution is -2.13. The first-order valence-corrected chi connectivity index (χ1v) is 8.37. The Balaban J connectivity index is 1.89. The molecule has 3 rings (SSSR count). The van der Waals surface area contributed by atoms with Gasteiger partial charge in [-0.2, -0.15) is 0 Å². The summed E-state index contributed by atoms with van der Waals surface area (Å²) in [5.41, 5.74) is 1.18. The van der Waals surface area contributed by atoms with Gasteiger partial charge in [0.15, 0.2) is 0 Å². The standard InChI is InChI=1S/C22H17NO4/c24-22(20(23(25)26)15-17-9-3-1-4-10-17)19-13-7-8-14-21(19)27-16-18-11-5-2-6-12-18/h1-15H,16H2/b20-15-. The van der Waals surface area contributed by atoms with Crippen LogP contribution in [0.1, 0.15) is 21.5 Å². The van der Waals surface area contributed by atoms with Gasteiger partial charge >= 0.3 is 5.70 Å². The van der Waals surface area contributed by atoms with Crippen molar-refractivity contribution in [2.45, 2.75) is 6.61 Å². The molecule has 27 heavy (non-hydrogen) atoms. The summed E-state index contributed by atoms with van der Waals surface area (Å²) in [5.74, 6) is -0.375. The number of hydrogen-bond acceptors (Lipinski definition) is 4. The molecule has 0 heterocycles. The summed E-state index contributed by atoms with van der Waals surface area (Å²) in [6.07, 6.45) is 1.27. The summed E-state index contributed by atoms with van der Waals surface area (Å²) in [4.78, 5) is 23.7. The zero-order valence-electron chi connectivity index (χ0n) is 14.4. The third-order valence-corrected chi connectivity index (χ3v) is 3.90. The topological polar surface area (TPSA) is 69.4 Å². The number of carbonyl (C=O) groups is 1. The number of benzene rings is 3. The van der Waals surface area contributed by atoms with Gasteiger partial charge in [-0.15, -0.1) is 0 Å². The van der Waals surface area contributed by atoms with E-state index < -0.39 is 16.4 Å². The van der Waals surface area contributed by atoms with Crippen molar-refractivity contribution >= 4 is 11.9 Å². The molecule has 3 aromatic carbocycles. The first-order valence-electron chi connectivity index (χ1n) is 8.37. The minimum absolute atomic E-state index is 0.160. The van der Waals surface area contributed by atoms with E-state index in [-0.39, 0.29) is 12.2 Å². The molecule has 0 unspecified atom stereocenters. The van der Waals surface area contributed by atoms with Crippen LogP contribution in [0.2, 0.25) is 0 Å². The Labute approximate surface area is 156 Å². The second-order valence-corrected chi connectivity index (χ2v) is 5.80. The minimum Gasteiger partial charge on any atom is -0.488 e. The molecule has 0 aliphatic heterocycles. The quantitative estimate of drug-likeness (QED) is 0.264. The molecule has 0 radical (unpaired) electrons. The molecule has 0 fully saturated rings. The third kappa shape index (κ3) is 4.67. The lowest BCUT2D eigenvalue weighted by Gasteiger charge is -2.10. The van der Waals surface area contributed by atoms with Crippen molar-refractivity contribution in [1.82, 2.24) is 0 Å². The van der Waals surface area contributed by atoms with Gasteiger partial charge in [0.05, 0.1) is 10.5 Å². The van der Waals surface area contributed by atoms with Crippen LogP contribution in [0.3, 0.4) is 0 Å². The van der Waals surface area contributed by atoms with Gasteiger partial charge in [0.25, 0.3) is 5.78 Å². The van der Waals surface area contributed by atoms with Gasteiger partial charge in [-0.3, -0.25) is 14.9 Å². The van der Waals surface area contributed by atoms with E-state index in [1.807, 2.05) is 30.3 Å². The lowest BCUT2D eigenvalue weighted by atomic mass is 10.1. The molecule has 3 aromatic rings. The van der Waals surface area contributed by atoms with Crippen LogP contribution in [-0.2, 0) is 6.61 Å². The SMILES string of the molecule is O=C(/C(=C/c1ccccc1)[N+](=O)[O-])c1ccccc1OCc1ccccc1. The Morgan fingerprint density at radius 1 is 0.889 bits per heavy atom. The maximum absolute atomic E-state index is 12.8. The fourth-order valence-electron chi connectivity index (χ4n) is 2.56. The zero-order chi connectivity index (χ0) is 19.1. The molecule has 0 saturated heterocycles. The van der Waals surface area contributed by atoms with E-state index in [9.17, 15) is 14.9 Å². The van der Waals surface area contributed by atoms with Crippen molar-refractivity contribution in [3.05, 3.63) is 117 Å². The highest BCUT2D eigenvalue weighted by atomic mass is 16.6. The van der Waals surface area contributed by atoms with Crippen molar-refractivity contribution in [3.63, 3.8) is 0 Å². The van der Waals surface area contributed by atoms with Crippen molar-refractivity contribution < 1.29 is 14.5 Å². The van der Waals surface area contributed by atoms with Crippen LogP contribution in [0.15, 0.2) is 90.6 Å². The Bertz CT molecular complexity index is 966. The summed E-state index contributed by atoms with van der Waals surface area (Å²) in [6.45, 7) is 0.265. The summed E-state index contributed by atoms with van der Waals surface area (Å²) in [6, 6.07) is 24.8. The molecule has 0 aliphatic carbocycles. The molecule has 0 aromatic heterocycles. The molecule has 0 saturated carbocycles. The molecule has 134 valence electrons. The predicted octanol–water partition coefficient (Wildman–Crippen LogP) is 4.77. The third-order valence-electron chi connectivity index (χ3n) is 3.90. The van der Waals surface area contributed by atoms with Crippen LogP contribution in [0, 0.1) is 10.1 Å². The maximum atomic E-state index is 12.8. The largest absolute Gasteiger partial charge is 0.488 e. The number of nitro groups is 1. The average Bonchev–Trinajstić information content (AvgIpc) is 2.71. The van der Waals surface area contributed by atoms with Gasteiger partial charge in [0.1, 0.15) is 12.4 Å². The summed E-state index contributed by atoms with van der Waals surface area (Å²) >= 11 is 0. The molecule has 0 bridgehead atoms. The number of hydrogen-bond donors (Lipinski definition) is 0. The first-order chi connectivity index (χ1) is 13.1. The van der Waals surface area contributed by atoms with Gasteiger partial charge in [0.2, 0.25) is 0 Å². The number of nitrogens with zero attached hydrogens (tertiary/aromatic N) is 1. The van der Waals surface area contributed by atoms with Gasteiger partial charge in [0, 0.05) is 6.08 Å². The Kier molecular flexibility index (Phi) is 5.74. The van der Waals surface area contributed by atoms with Crippen LogP contribution < -0.4 is 4.74 Å². The summed E-state index contributed by atoms with van der Waals surface area (Å²) in [5, 5.41) is 11.5. The van der Waals surface area contributed by atoms with Gasteiger partial charge in [-0.25, -0.2) is 0 Å². The molecule has 5 nitrogen and oxygen atoms in total. The number of Topliss-reactive ketones (excluding diaryl/α,β-unsaturated/α-hetero) is 1. The molecular formula is C22H17NO4. The van der Waals surface area contributed by atoms with Crippen molar-refractivity contribution in [3.8, 4) is 5.75 Å². The molecular weight excluding hydrogens is 342 g/mol. The molecule has 0 atom stereocenters. The van der Waals surface area contributed by atoms with Crippen molar-refractivity contribution in [2.75, 3.05) is 0 Å². The predicted molar refractivity (Wildman–Crippen MR) is 103 cm³/mol. The highest BCUT2D eigenvalue weighted by Crippen LogP contribution is 2.24. The second kappa shape index (κ2) is 8.58. The monoisotopic (exact) mass is 359 g/mol. The fraction of sp³-hybridized carbons (Fsp3) is 0.0455. The second-order valence-electron chi connectivity index (χ2n) is 5.80. The van der Waals surface area contributed by atoms with E-state index in [1.165, 1.54) is 12.1 Å². The maximum Gasteiger partial charge on any atom is 0.317 e. The van der Waals surface area contributed by atoms with Crippen LogP contribution in [0.4, 0.5) is 0 Å². The minimum atomic E-state index is -0.687. The molecule has 0 N–H and O–H groups in total. The lowest BCUT2D eigenvalue weighted by molar-refractivity contribution is -0.415. The zero-order valence-corrected chi connectivity index (χ0v) is 14.4. The summed E-state index contributed by atoms with van der Waals surface area (Å²) < 4.78 is 5.75. The van der Waals surface area contributed by atoms with E-state index in [0.29, 0.717) is 11.3 Å². The number of para-hydroxylation sites is 1. The van der Waals surface area contributed by atoms with Gasteiger partial charge in [-0.05, 0) is 23.3 Å². The van der Waals surface area contributed by atoms with Crippen LogP contribution in [0.5, 0.6) is 5.75 Å². The molecule has 0 spiro atoms. The molecule has 0 amide bonds. The van der Waals surface area contributed by atoms with E-state index >= 15 is 0 Å². The van der Waals surface area contributed by atoms with Gasteiger partial charge in [-0.1, -0.05) is 72.8 Å². The normalized spacial score (nSPS) is 11.0. The molecule has 0 aliphatic rings. The first kappa shape index (κ1) is 18.1. The Morgan fingerprint density at radius 2 is 1.48 bits per heavy atom. The van der Waals surface area contributed by atoms with Crippen LogP contribution >= 0.6 is 0 Å². The van der Waals surface area contributed by atoms with Crippen LogP contribution in [0.25, 0.3) is 6.08 Å². The number of allylic oxidation sites excluding steroid dienone is 1. The summed E-state index contributed by atoms with van der Waals surface area (Å²) in [7, 11) is 0. The van der Waals surface area contributed by atoms with Crippen molar-refractivity contribution in [1.29, 1.82) is 0 Å². The Hall–Kier alpha value is -3.73. The van der Waals surface area contributed by atoms with E-state index in [2.05, 4.69) is 0 Å². The number of carbonyl (C=O) groups excluding carboxylic acids is 1. The van der Waals surface area contributed by atoms with Crippen molar-refractivity contribution in [2.24, 2.45) is 0 Å². The fourth-order valence-corrected chi connectivity index (χ4v) is 2.56. The smallest absolute Gasteiger partial charge is 0.317 e. The van der Waals surface area contributed by atoms with E-state index in [0.717, 1.165) is 5.56 Å². The highest BCUT2D eigenvalue weighted by Gasteiger charge is 2.26. The highest BCUT2D eigenvalue weighted by molar-refractivity contribution is 6.11. The molecule has 5 heteroatoms. The van der Waals surface area contributed by atoms with E-state index in [1.54, 1.807) is 48.5 Å². The van der Waals surface area contributed by atoms with Crippen LogP contribution in [-0.4, -0.2) is 10.7 Å².